The SMILES string of the molecule is CCc1c(C(C)CO)cc(OC)c(OC)c1Cl. The number of benzene rings is 1. The molecule has 1 aromatic carbocycles. The Balaban J connectivity index is 3.45. The summed E-state index contributed by atoms with van der Waals surface area (Å²) in [5.74, 6) is 1.19. The van der Waals surface area contributed by atoms with Crippen molar-refractivity contribution in [3.63, 3.8) is 0 Å². The van der Waals surface area contributed by atoms with E-state index in [-0.39, 0.29) is 12.5 Å². The third-order valence-electron chi connectivity index (χ3n) is 2.91. The monoisotopic (exact) mass is 258 g/mol. The third kappa shape index (κ3) is 2.67. The summed E-state index contributed by atoms with van der Waals surface area (Å²) in [4.78, 5) is 0. The van der Waals surface area contributed by atoms with E-state index in [1.807, 2.05) is 19.9 Å². The van der Waals surface area contributed by atoms with Gasteiger partial charge in [-0.2, -0.15) is 0 Å². The van der Waals surface area contributed by atoms with E-state index >= 15 is 0 Å². The molecule has 4 heteroatoms. The van der Waals surface area contributed by atoms with E-state index in [2.05, 4.69) is 0 Å². The molecule has 0 aliphatic carbocycles. The molecule has 0 saturated heterocycles. The normalized spacial score (nSPS) is 12.4. The lowest BCUT2D eigenvalue weighted by atomic mass is 9.94. The van der Waals surface area contributed by atoms with Crippen LogP contribution in [0.5, 0.6) is 11.5 Å². The summed E-state index contributed by atoms with van der Waals surface area (Å²) in [7, 11) is 3.14. The predicted molar refractivity (Wildman–Crippen MR) is 69.4 cm³/mol. The lowest BCUT2D eigenvalue weighted by Crippen LogP contribution is -2.06. The number of aliphatic hydroxyl groups is 1. The van der Waals surface area contributed by atoms with Crippen LogP contribution in [0, 0.1) is 0 Å². The first-order chi connectivity index (χ1) is 8.10. The fourth-order valence-corrected chi connectivity index (χ4v) is 2.32. The van der Waals surface area contributed by atoms with Crippen LogP contribution in [-0.2, 0) is 6.42 Å². The molecule has 0 spiro atoms. The molecule has 96 valence electrons. The molecule has 0 fully saturated rings. The molecule has 1 rings (SSSR count). The molecule has 0 bridgehead atoms. The fraction of sp³-hybridized carbons (Fsp3) is 0.538. The molecule has 1 N–H and O–H groups in total. The first-order valence-corrected chi connectivity index (χ1v) is 6.02. The lowest BCUT2D eigenvalue weighted by Gasteiger charge is -2.19. The van der Waals surface area contributed by atoms with Crippen molar-refractivity contribution in [2.45, 2.75) is 26.2 Å². The lowest BCUT2D eigenvalue weighted by molar-refractivity contribution is 0.272. The number of ether oxygens (including phenoxy) is 2. The highest BCUT2D eigenvalue weighted by Gasteiger charge is 2.19. The van der Waals surface area contributed by atoms with Gasteiger partial charge in [-0.15, -0.1) is 0 Å². The maximum absolute atomic E-state index is 9.27. The third-order valence-corrected chi connectivity index (χ3v) is 3.31. The van der Waals surface area contributed by atoms with E-state index in [4.69, 9.17) is 21.1 Å². The molecule has 0 radical (unpaired) electrons. The number of hydrogen-bond acceptors (Lipinski definition) is 3. The first kappa shape index (κ1) is 14.1. The van der Waals surface area contributed by atoms with Gasteiger partial charge in [-0.05, 0) is 23.6 Å². The highest BCUT2D eigenvalue weighted by Crippen LogP contribution is 2.41. The van der Waals surface area contributed by atoms with Gasteiger partial charge in [0.05, 0.1) is 19.2 Å². The molecular formula is C13H19ClO3. The Bertz CT molecular complexity index is 391. The van der Waals surface area contributed by atoms with Gasteiger partial charge >= 0.3 is 0 Å². The molecule has 17 heavy (non-hydrogen) atoms. The summed E-state index contributed by atoms with van der Waals surface area (Å²) in [6, 6.07) is 1.89. The van der Waals surface area contributed by atoms with Crippen LogP contribution >= 0.6 is 11.6 Å². The Hall–Kier alpha value is -0.930. The van der Waals surface area contributed by atoms with E-state index in [0.717, 1.165) is 17.5 Å². The maximum atomic E-state index is 9.27. The number of methoxy groups -OCH3 is 2. The second-order valence-corrected chi connectivity index (χ2v) is 4.31. The average Bonchev–Trinajstić information content (AvgIpc) is 2.36. The molecule has 1 aromatic rings. The second kappa shape index (κ2) is 6.12. The number of aliphatic hydroxyl groups excluding tert-OH is 1. The van der Waals surface area contributed by atoms with Gasteiger partial charge in [0.1, 0.15) is 0 Å². The van der Waals surface area contributed by atoms with Crippen molar-refractivity contribution in [3.05, 3.63) is 22.2 Å². The Kier molecular flexibility index (Phi) is 5.09. The minimum atomic E-state index is 0.0299. The van der Waals surface area contributed by atoms with Crippen molar-refractivity contribution in [1.82, 2.24) is 0 Å². The van der Waals surface area contributed by atoms with Crippen LogP contribution in [0.4, 0.5) is 0 Å². The molecule has 0 saturated carbocycles. The number of rotatable bonds is 5. The van der Waals surface area contributed by atoms with Crippen LogP contribution in [0.3, 0.4) is 0 Å². The zero-order valence-electron chi connectivity index (χ0n) is 10.7. The predicted octanol–water partition coefficient (Wildman–Crippen LogP) is 3.02. The van der Waals surface area contributed by atoms with Gasteiger partial charge in [0.25, 0.3) is 0 Å². The van der Waals surface area contributed by atoms with Crippen LogP contribution in [0.15, 0.2) is 6.07 Å². The minimum absolute atomic E-state index is 0.0299. The van der Waals surface area contributed by atoms with Gasteiger partial charge in [-0.1, -0.05) is 25.4 Å². The highest BCUT2D eigenvalue weighted by molar-refractivity contribution is 6.33. The van der Waals surface area contributed by atoms with Crippen molar-refractivity contribution < 1.29 is 14.6 Å². The molecule has 0 aliphatic rings. The molecular weight excluding hydrogens is 240 g/mol. The summed E-state index contributed by atoms with van der Waals surface area (Å²) in [5, 5.41) is 9.85. The van der Waals surface area contributed by atoms with E-state index in [0.29, 0.717) is 16.5 Å². The van der Waals surface area contributed by atoms with Crippen LogP contribution in [0.2, 0.25) is 5.02 Å². The summed E-state index contributed by atoms with van der Waals surface area (Å²) < 4.78 is 10.5. The Morgan fingerprint density at radius 1 is 1.35 bits per heavy atom. The maximum Gasteiger partial charge on any atom is 0.179 e. The molecule has 0 heterocycles. The second-order valence-electron chi connectivity index (χ2n) is 3.93. The topological polar surface area (TPSA) is 38.7 Å². The van der Waals surface area contributed by atoms with Gasteiger partial charge in [-0.3, -0.25) is 0 Å². The van der Waals surface area contributed by atoms with Gasteiger partial charge in [0.15, 0.2) is 11.5 Å². The first-order valence-electron chi connectivity index (χ1n) is 5.64. The standard InChI is InChI=1S/C13H19ClO3/c1-5-9-10(8(2)7-15)6-11(16-3)13(17-4)12(9)14/h6,8,15H,5,7H2,1-4H3. The zero-order chi connectivity index (χ0) is 13.0. The van der Waals surface area contributed by atoms with E-state index in [1.54, 1.807) is 14.2 Å². The summed E-state index contributed by atoms with van der Waals surface area (Å²) in [5.41, 5.74) is 2.02. The molecule has 3 nitrogen and oxygen atoms in total. The van der Waals surface area contributed by atoms with Gasteiger partial charge in [0, 0.05) is 12.5 Å². The van der Waals surface area contributed by atoms with Crippen molar-refractivity contribution in [3.8, 4) is 11.5 Å². The smallest absolute Gasteiger partial charge is 0.179 e. The van der Waals surface area contributed by atoms with E-state index < -0.39 is 0 Å². The summed E-state index contributed by atoms with van der Waals surface area (Å²) in [6.45, 7) is 4.07. The van der Waals surface area contributed by atoms with Gasteiger partial charge < -0.3 is 14.6 Å². The molecule has 1 atom stereocenters. The van der Waals surface area contributed by atoms with Gasteiger partial charge in [-0.25, -0.2) is 0 Å². The minimum Gasteiger partial charge on any atom is -0.493 e. The molecule has 0 amide bonds. The van der Waals surface area contributed by atoms with Crippen LogP contribution in [0.25, 0.3) is 0 Å². The molecule has 0 aromatic heterocycles. The molecule has 1 unspecified atom stereocenters. The van der Waals surface area contributed by atoms with Crippen molar-refractivity contribution in [1.29, 1.82) is 0 Å². The zero-order valence-corrected chi connectivity index (χ0v) is 11.5. The van der Waals surface area contributed by atoms with E-state index in [1.165, 1.54) is 0 Å². The average molecular weight is 259 g/mol. The largest absolute Gasteiger partial charge is 0.493 e. The van der Waals surface area contributed by atoms with Crippen molar-refractivity contribution in [2.75, 3.05) is 20.8 Å². The number of hydrogen-bond donors (Lipinski definition) is 1. The number of halogens is 1. The summed E-state index contributed by atoms with van der Waals surface area (Å²) in [6.07, 6.45) is 0.791. The molecule has 0 aliphatic heterocycles. The quantitative estimate of drug-likeness (QED) is 0.882. The van der Waals surface area contributed by atoms with Crippen molar-refractivity contribution >= 4 is 11.6 Å². The van der Waals surface area contributed by atoms with Gasteiger partial charge in [0.2, 0.25) is 0 Å². The van der Waals surface area contributed by atoms with Crippen LogP contribution < -0.4 is 9.47 Å². The Morgan fingerprint density at radius 3 is 2.41 bits per heavy atom. The Morgan fingerprint density at radius 2 is 2.00 bits per heavy atom. The van der Waals surface area contributed by atoms with E-state index in [9.17, 15) is 5.11 Å². The summed E-state index contributed by atoms with van der Waals surface area (Å²) >= 11 is 6.31. The Labute approximate surface area is 107 Å². The van der Waals surface area contributed by atoms with Crippen LogP contribution in [0.1, 0.15) is 30.9 Å². The fourth-order valence-electron chi connectivity index (χ4n) is 1.91. The van der Waals surface area contributed by atoms with Crippen LogP contribution in [-0.4, -0.2) is 25.9 Å². The highest BCUT2D eigenvalue weighted by atomic mass is 35.5. The van der Waals surface area contributed by atoms with Crippen molar-refractivity contribution in [2.24, 2.45) is 0 Å².